The fraction of sp³-hybridized carbons (Fsp3) is 0.938. The van der Waals surface area contributed by atoms with Crippen LogP contribution in [0.4, 0.5) is 0 Å². The van der Waals surface area contributed by atoms with Gasteiger partial charge in [-0.25, -0.2) is 0 Å². The van der Waals surface area contributed by atoms with Crippen LogP contribution in [0.15, 0.2) is 0 Å². The van der Waals surface area contributed by atoms with Gasteiger partial charge in [-0.2, -0.15) is 0 Å². The molecule has 0 aromatic rings. The smallest absolute Gasteiger partial charge is 0.186 e. The summed E-state index contributed by atoms with van der Waals surface area (Å²) in [4.78, 5) is 12.7. The van der Waals surface area contributed by atoms with Gasteiger partial charge >= 0.3 is 0 Å². The molecule has 23 heavy (non-hydrogen) atoms. The Bertz CT molecular complexity index is 481. The van der Waals surface area contributed by atoms with E-state index in [1.54, 1.807) is 0 Å². The van der Waals surface area contributed by atoms with Crippen LogP contribution < -0.4 is 0 Å². The Hall–Kier alpha value is -0.570. The molecule has 1 unspecified atom stereocenters. The minimum Gasteiger partial charge on any atom is -0.394 e. The Morgan fingerprint density at radius 2 is 1.91 bits per heavy atom. The zero-order valence-corrected chi connectivity index (χ0v) is 13.5. The SMILES string of the molecule is CC1(CO[C@@H]2O[C@H](CO)[C@@H](O)[C@H](O)[C@H]2O)C(=O)[C@@]2(C)CC[C@@H]1C2. The highest BCUT2D eigenvalue weighted by atomic mass is 16.7. The zero-order valence-electron chi connectivity index (χ0n) is 13.5. The maximum Gasteiger partial charge on any atom is 0.186 e. The van der Waals surface area contributed by atoms with Crippen molar-refractivity contribution in [3.05, 3.63) is 0 Å². The molecule has 3 aliphatic rings. The first kappa shape index (κ1) is 17.3. The van der Waals surface area contributed by atoms with Gasteiger partial charge in [0, 0.05) is 5.41 Å². The van der Waals surface area contributed by atoms with E-state index in [2.05, 4.69) is 0 Å². The van der Waals surface area contributed by atoms with Crippen molar-refractivity contribution < 1.29 is 34.7 Å². The van der Waals surface area contributed by atoms with Gasteiger partial charge in [0.25, 0.3) is 0 Å². The third-order valence-corrected chi connectivity index (χ3v) is 6.11. The molecule has 0 spiro atoms. The lowest BCUT2D eigenvalue weighted by Gasteiger charge is -2.41. The Balaban J connectivity index is 1.67. The van der Waals surface area contributed by atoms with Crippen LogP contribution in [0.1, 0.15) is 33.1 Å². The van der Waals surface area contributed by atoms with Crippen LogP contribution in [0, 0.1) is 16.7 Å². The van der Waals surface area contributed by atoms with Gasteiger partial charge in [-0.15, -0.1) is 0 Å². The predicted molar refractivity (Wildman–Crippen MR) is 78.3 cm³/mol. The van der Waals surface area contributed by atoms with Crippen LogP contribution in [-0.4, -0.2) is 70.1 Å². The van der Waals surface area contributed by atoms with Crippen molar-refractivity contribution in [3.63, 3.8) is 0 Å². The first-order valence-electron chi connectivity index (χ1n) is 8.20. The van der Waals surface area contributed by atoms with E-state index in [0.717, 1.165) is 19.3 Å². The molecule has 0 radical (unpaired) electrons. The molecule has 7 heteroatoms. The summed E-state index contributed by atoms with van der Waals surface area (Å²) < 4.78 is 11.0. The van der Waals surface area contributed by atoms with Crippen LogP contribution in [0.2, 0.25) is 0 Å². The lowest BCUT2D eigenvalue weighted by molar-refractivity contribution is -0.305. The number of fused-ring (bicyclic) bond motifs is 2. The number of carbonyl (C=O) groups is 1. The molecule has 3 fully saturated rings. The summed E-state index contributed by atoms with van der Waals surface area (Å²) in [5.41, 5.74) is -0.899. The molecular weight excluding hydrogens is 304 g/mol. The fourth-order valence-corrected chi connectivity index (χ4v) is 4.51. The molecule has 1 aliphatic heterocycles. The van der Waals surface area contributed by atoms with E-state index < -0.39 is 42.7 Å². The first-order valence-corrected chi connectivity index (χ1v) is 8.20. The first-order chi connectivity index (χ1) is 10.7. The van der Waals surface area contributed by atoms with Gasteiger partial charge in [-0.3, -0.25) is 4.79 Å². The Kier molecular flexibility index (Phi) is 4.32. The highest BCUT2D eigenvalue weighted by molar-refractivity contribution is 5.93. The number of carbonyl (C=O) groups excluding carboxylic acids is 1. The average molecular weight is 330 g/mol. The molecule has 0 amide bonds. The second-order valence-electron chi connectivity index (χ2n) is 7.76. The van der Waals surface area contributed by atoms with E-state index in [9.17, 15) is 25.2 Å². The van der Waals surface area contributed by atoms with Gasteiger partial charge < -0.3 is 29.9 Å². The Morgan fingerprint density at radius 3 is 2.48 bits per heavy atom. The summed E-state index contributed by atoms with van der Waals surface area (Å²) in [5, 5.41) is 38.7. The fourth-order valence-electron chi connectivity index (χ4n) is 4.51. The largest absolute Gasteiger partial charge is 0.394 e. The molecule has 7 nitrogen and oxygen atoms in total. The number of rotatable bonds is 4. The van der Waals surface area contributed by atoms with E-state index in [1.807, 2.05) is 13.8 Å². The molecule has 2 aliphatic carbocycles. The summed E-state index contributed by atoms with van der Waals surface area (Å²) >= 11 is 0. The predicted octanol–water partition coefficient (Wildman–Crippen LogP) is -0.802. The molecule has 2 saturated carbocycles. The standard InChI is InChI=1S/C16H26O7/c1-15-4-3-8(5-15)16(2,14(15)21)7-22-13-12(20)11(19)10(18)9(6-17)23-13/h8-13,17-20H,3-7H2,1-2H3/t8-,9-,10-,11+,12-,13-,15+,16?/m1/s1. The number of ether oxygens (including phenoxy) is 2. The van der Waals surface area contributed by atoms with E-state index in [0.29, 0.717) is 0 Å². The van der Waals surface area contributed by atoms with E-state index in [1.165, 1.54) is 0 Å². The molecule has 2 bridgehead atoms. The third kappa shape index (κ3) is 2.54. The molecule has 3 rings (SSSR count). The van der Waals surface area contributed by atoms with Crippen molar-refractivity contribution >= 4 is 5.78 Å². The van der Waals surface area contributed by atoms with Crippen molar-refractivity contribution in [2.75, 3.05) is 13.2 Å². The van der Waals surface area contributed by atoms with E-state index in [-0.39, 0.29) is 23.7 Å². The number of aliphatic hydroxyl groups is 4. The minimum absolute atomic E-state index is 0.0920. The lowest BCUT2D eigenvalue weighted by atomic mass is 9.71. The maximum atomic E-state index is 12.7. The summed E-state index contributed by atoms with van der Waals surface area (Å²) in [5.74, 6) is 0.440. The maximum absolute atomic E-state index is 12.7. The van der Waals surface area contributed by atoms with Gasteiger partial charge in [0.2, 0.25) is 0 Å². The quantitative estimate of drug-likeness (QED) is 0.533. The monoisotopic (exact) mass is 330 g/mol. The second kappa shape index (κ2) is 5.75. The Morgan fingerprint density at radius 1 is 1.22 bits per heavy atom. The van der Waals surface area contributed by atoms with Gasteiger partial charge in [0.1, 0.15) is 30.2 Å². The molecule has 0 aromatic heterocycles. The minimum atomic E-state index is -1.47. The van der Waals surface area contributed by atoms with Crippen LogP contribution >= 0.6 is 0 Å². The number of aliphatic hydroxyl groups excluding tert-OH is 4. The average Bonchev–Trinajstić information content (AvgIpc) is 3.01. The molecule has 8 atom stereocenters. The lowest BCUT2D eigenvalue weighted by Crippen LogP contribution is -2.59. The molecule has 1 heterocycles. The normalized spacial score (nSPS) is 53.0. The second-order valence-corrected chi connectivity index (χ2v) is 7.76. The van der Waals surface area contributed by atoms with Crippen molar-refractivity contribution in [2.45, 2.75) is 63.8 Å². The van der Waals surface area contributed by atoms with Crippen LogP contribution in [-0.2, 0) is 14.3 Å². The van der Waals surface area contributed by atoms with Crippen LogP contribution in [0.5, 0.6) is 0 Å². The van der Waals surface area contributed by atoms with Gasteiger partial charge in [0.15, 0.2) is 6.29 Å². The zero-order chi connectivity index (χ0) is 17.0. The molecule has 1 saturated heterocycles. The summed E-state index contributed by atoms with van der Waals surface area (Å²) in [6.45, 7) is 3.47. The van der Waals surface area contributed by atoms with E-state index >= 15 is 0 Å². The number of Topliss-reactive ketones (excluding diaryl/α,β-unsaturated/α-hetero) is 1. The highest BCUT2D eigenvalue weighted by Crippen LogP contribution is 2.60. The number of hydrogen-bond donors (Lipinski definition) is 4. The van der Waals surface area contributed by atoms with Crippen molar-refractivity contribution in [1.82, 2.24) is 0 Å². The van der Waals surface area contributed by atoms with Crippen molar-refractivity contribution in [2.24, 2.45) is 16.7 Å². The van der Waals surface area contributed by atoms with Gasteiger partial charge in [-0.1, -0.05) is 13.8 Å². The number of hydrogen-bond acceptors (Lipinski definition) is 7. The van der Waals surface area contributed by atoms with Crippen molar-refractivity contribution in [1.29, 1.82) is 0 Å². The molecule has 0 aromatic carbocycles. The summed E-state index contributed by atoms with van der Waals surface area (Å²) in [7, 11) is 0. The Labute approximate surface area is 135 Å². The molecular formula is C16H26O7. The third-order valence-electron chi connectivity index (χ3n) is 6.11. The van der Waals surface area contributed by atoms with Crippen LogP contribution in [0.3, 0.4) is 0 Å². The number of ketones is 1. The van der Waals surface area contributed by atoms with Gasteiger partial charge in [-0.05, 0) is 25.2 Å². The van der Waals surface area contributed by atoms with Crippen LogP contribution in [0.25, 0.3) is 0 Å². The molecule has 4 N–H and O–H groups in total. The van der Waals surface area contributed by atoms with E-state index in [4.69, 9.17) is 9.47 Å². The summed E-state index contributed by atoms with van der Waals surface area (Å²) in [6.07, 6.45) is -3.73. The van der Waals surface area contributed by atoms with Crippen molar-refractivity contribution in [3.8, 4) is 0 Å². The van der Waals surface area contributed by atoms with Gasteiger partial charge in [0.05, 0.1) is 18.6 Å². The topological polar surface area (TPSA) is 116 Å². The highest BCUT2D eigenvalue weighted by Gasteiger charge is 2.61. The summed E-state index contributed by atoms with van der Waals surface area (Å²) in [6, 6.07) is 0. The molecule has 132 valence electrons.